The van der Waals surface area contributed by atoms with Crippen LogP contribution < -0.4 is 0 Å². The maximum absolute atomic E-state index is 12.2. The molecule has 2 rings (SSSR count). The first-order chi connectivity index (χ1) is 8.31. The van der Waals surface area contributed by atoms with Crippen LogP contribution in [0.15, 0.2) is 11.6 Å². The zero-order valence-electron chi connectivity index (χ0n) is 10.5. The number of carbonyl (C=O) groups excluding carboxylic acids is 1. The molecular weight excluding hydrogens is 214 g/mol. The van der Waals surface area contributed by atoms with Gasteiger partial charge in [0.05, 0.1) is 12.6 Å². The average Bonchev–Trinajstić information content (AvgIpc) is 2.40. The van der Waals surface area contributed by atoms with Crippen molar-refractivity contribution in [2.45, 2.75) is 57.4 Å². The lowest BCUT2D eigenvalue weighted by molar-refractivity contribution is -0.135. The monoisotopic (exact) mass is 237 g/mol. The molecule has 0 aromatic heterocycles. The zero-order chi connectivity index (χ0) is 12.1. The fraction of sp³-hybridized carbons (Fsp3) is 0.786. The van der Waals surface area contributed by atoms with Crippen LogP contribution in [-0.4, -0.2) is 35.1 Å². The van der Waals surface area contributed by atoms with E-state index in [0.717, 1.165) is 38.6 Å². The van der Waals surface area contributed by atoms with E-state index in [9.17, 15) is 9.90 Å². The minimum absolute atomic E-state index is 0.0699. The lowest BCUT2D eigenvalue weighted by Gasteiger charge is -2.35. The van der Waals surface area contributed by atoms with Gasteiger partial charge >= 0.3 is 0 Å². The molecular formula is C14H23NO2. The molecule has 1 saturated heterocycles. The maximum atomic E-state index is 12.2. The van der Waals surface area contributed by atoms with Crippen LogP contribution >= 0.6 is 0 Å². The minimum Gasteiger partial charge on any atom is -0.394 e. The second kappa shape index (κ2) is 6.20. The highest BCUT2D eigenvalue weighted by Gasteiger charge is 2.26. The van der Waals surface area contributed by atoms with Crippen molar-refractivity contribution >= 4 is 5.91 Å². The van der Waals surface area contributed by atoms with E-state index in [0.29, 0.717) is 6.42 Å². The van der Waals surface area contributed by atoms with Gasteiger partial charge in [-0.15, -0.1) is 0 Å². The molecule has 1 N–H and O–H groups in total. The van der Waals surface area contributed by atoms with Crippen LogP contribution in [0.1, 0.15) is 51.4 Å². The third-order valence-electron chi connectivity index (χ3n) is 3.92. The molecule has 0 spiro atoms. The van der Waals surface area contributed by atoms with E-state index >= 15 is 0 Å². The van der Waals surface area contributed by atoms with Gasteiger partial charge in [0.15, 0.2) is 0 Å². The number of hydrogen-bond donors (Lipinski definition) is 1. The molecule has 1 unspecified atom stereocenters. The topological polar surface area (TPSA) is 40.5 Å². The number of allylic oxidation sites excluding steroid dienone is 1. The largest absolute Gasteiger partial charge is 0.394 e. The van der Waals surface area contributed by atoms with Crippen molar-refractivity contribution in [3.05, 3.63) is 11.6 Å². The molecule has 0 aromatic rings. The van der Waals surface area contributed by atoms with Gasteiger partial charge in [-0.3, -0.25) is 4.79 Å². The van der Waals surface area contributed by atoms with Gasteiger partial charge in [-0.1, -0.05) is 11.6 Å². The van der Waals surface area contributed by atoms with Gasteiger partial charge in [-0.2, -0.15) is 0 Å². The highest BCUT2D eigenvalue weighted by atomic mass is 16.3. The van der Waals surface area contributed by atoms with Gasteiger partial charge in [0.25, 0.3) is 0 Å². The van der Waals surface area contributed by atoms with Crippen molar-refractivity contribution in [1.29, 1.82) is 0 Å². The van der Waals surface area contributed by atoms with Crippen molar-refractivity contribution in [2.24, 2.45) is 0 Å². The third kappa shape index (κ3) is 3.32. The molecule has 1 heterocycles. The van der Waals surface area contributed by atoms with E-state index in [1.165, 1.54) is 18.4 Å². The van der Waals surface area contributed by atoms with Gasteiger partial charge in [-0.05, 0) is 44.9 Å². The van der Waals surface area contributed by atoms with Crippen LogP contribution in [0.25, 0.3) is 0 Å². The molecule has 0 bridgehead atoms. The van der Waals surface area contributed by atoms with E-state index < -0.39 is 0 Å². The Morgan fingerprint density at radius 3 is 2.94 bits per heavy atom. The summed E-state index contributed by atoms with van der Waals surface area (Å²) in [5.74, 6) is 0.219. The van der Waals surface area contributed by atoms with Crippen molar-refractivity contribution in [3.8, 4) is 0 Å². The second-order valence-electron chi connectivity index (χ2n) is 5.20. The smallest absolute Gasteiger partial charge is 0.226 e. The van der Waals surface area contributed by atoms with Crippen molar-refractivity contribution in [2.75, 3.05) is 13.2 Å². The number of hydrogen-bond acceptors (Lipinski definition) is 2. The van der Waals surface area contributed by atoms with Crippen LogP contribution in [0, 0.1) is 0 Å². The van der Waals surface area contributed by atoms with Crippen molar-refractivity contribution in [3.63, 3.8) is 0 Å². The lowest BCUT2D eigenvalue weighted by Crippen LogP contribution is -2.45. The number of carbonyl (C=O) groups is 1. The van der Waals surface area contributed by atoms with Crippen LogP contribution in [0.5, 0.6) is 0 Å². The third-order valence-corrected chi connectivity index (χ3v) is 3.92. The molecule has 1 amide bonds. The van der Waals surface area contributed by atoms with Gasteiger partial charge in [0.1, 0.15) is 0 Å². The Morgan fingerprint density at radius 1 is 1.35 bits per heavy atom. The molecule has 1 fully saturated rings. The van der Waals surface area contributed by atoms with Gasteiger partial charge in [-0.25, -0.2) is 0 Å². The first-order valence-electron chi connectivity index (χ1n) is 6.89. The number of amides is 1. The Balaban J connectivity index is 1.91. The summed E-state index contributed by atoms with van der Waals surface area (Å²) in [6, 6.07) is 0.0699. The van der Waals surface area contributed by atoms with Gasteiger partial charge < -0.3 is 10.0 Å². The quantitative estimate of drug-likeness (QED) is 0.765. The van der Waals surface area contributed by atoms with E-state index in [2.05, 4.69) is 6.08 Å². The van der Waals surface area contributed by atoms with E-state index in [1.54, 1.807) is 0 Å². The van der Waals surface area contributed by atoms with Crippen LogP contribution in [0.3, 0.4) is 0 Å². The standard InChI is InChI=1S/C14H23NO2/c16-11-13-8-4-5-9-15(13)14(17)10-12-6-2-1-3-7-12/h6,13,16H,1-5,7-11H2. The highest BCUT2D eigenvalue weighted by molar-refractivity contribution is 5.79. The minimum atomic E-state index is 0.0699. The first-order valence-corrected chi connectivity index (χ1v) is 6.89. The molecule has 96 valence electrons. The van der Waals surface area contributed by atoms with Crippen molar-refractivity contribution < 1.29 is 9.90 Å². The lowest BCUT2D eigenvalue weighted by atomic mass is 9.95. The normalized spacial score (nSPS) is 25.6. The molecule has 1 aliphatic heterocycles. The Labute approximate surface area is 103 Å². The Bertz CT molecular complexity index is 299. The van der Waals surface area contributed by atoms with Gasteiger partial charge in [0, 0.05) is 13.0 Å². The van der Waals surface area contributed by atoms with Gasteiger partial charge in [0.2, 0.25) is 5.91 Å². The van der Waals surface area contributed by atoms with E-state index in [1.807, 2.05) is 4.90 Å². The summed E-state index contributed by atoms with van der Waals surface area (Å²) in [6.45, 7) is 0.947. The first kappa shape index (κ1) is 12.6. The molecule has 17 heavy (non-hydrogen) atoms. The Morgan fingerprint density at radius 2 is 2.24 bits per heavy atom. The summed E-state index contributed by atoms with van der Waals surface area (Å²) in [5, 5.41) is 9.31. The van der Waals surface area contributed by atoms with Crippen LogP contribution in [0.2, 0.25) is 0 Å². The molecule has 3 nitrogen and oxygen atoms in total. The summed E-state index contributed by atoms with van der Waals surface area (Å²) in [7, 11) is 0. The molecule has 1 atom stereocenters. The molecule has 1 aliphatic carbocycles. The predicted octanol–water partition coefficient (Wildman–Crippen LogP) is 2.25. The number of rotatable bonds is 3. The fourth-order valence-corrected chi connectivity index (χ4v) is 2.88. The van der Waals surface area contributed by atoms with Crippen molar-refractivity contribution in [1.82, 2.24) is 4.90 Å². The van der Waals surface area contributed by atoms with Crippen LogP contribution in [0.4, 0.5) is 0 Å². The van der Waals surface area contributed by atoms with E-state index in [-0.39, 0.29) is 18.6 Å². The summed E-state index contributed by atoms with van der Waals surface area (Å²) in [4.78, 5) is 14.1. The predicted molar refractivity (Wildman–Crippen MR) is 67.6 cm³/mol. The summed E-state index contributed by atoms with van der Waals surface area (Å²) >= 11 is 0. The molecule has 2 aliphatic rings. The molecule has 0 radical (unpaired) electrons. The Hall–Kier alpha value is -0.830. The zero-order valence-corrected chi connectivity index (χ0v) is 10.5. The summed E-state index contributed by atoms with van der Waals surface area (Å²) < 4.78 is 0. The number of likely N-dealkylation sites (tertiary alicyclic amines) is 1. The summed E-state index contributed by atoms with van der Waals surface area (Å²) in [6.07, 6.45) is 10.7. The number of aliphatic hydroxyl groups is 1. The highest BCUT2D eigenvalue weighted by Crippen LogP contribution is 2.23. The molecule has 0 aromatic carbocycles. The number of nitrogens with zero attached hydrogens (tertiary/aromatic N) is 1. The fourth-order valence-electron chi connectivity index (χ4n) is 2.88. The Kier molecular flexibility index (Phi) is 4.60. The average molecular weight is 237 g/mol. The number of aliphatic hydroxyl groups excluding tert-OH is 1. The second-order valence-corrected chi connectivity index (χ2v) is 5.20. The van der Waals surface area contributed by atoms with E-state index in [4.69, 9.17) is 0 Å². The maximum Gasteiger partial charge on any atom is 0.226 e. The molecule has 0 saturated carbocycles. The van der Waals surface area contributed by atoms with Crippen LogP contribution in [-0.2, 0) is 4.79 Å². The number of piperidine rings is 1. The molecule has 3 heteroatoms. The SMILES string of the molecule is O=C(CC1=CCCCC1)N1CCCCC1CO. The summed E-state index contributed by atoms with van der Waals surface area (Å²) in [5.41, 5.74) is 1.31.